The van der Waals surface area contributed by atoms with E-state index in [-0.39, 0.29) is 60.1 Å². The Morgan fingerprint density at radius 1 is 1.00 bits per heavy atom. The van der Waals surface area contributed by atoms with Gasteiger partial charge in [-0.3, -0.25) is 19.3 Å². The zero-order valence-electron chi connectivity index (χ0n) is 17.0. The van der Waals surface area contributed by atoms with E-state index in [0.29, 0.717) is 13.0 Å². The van der Waals surface area contributed by atoms with Crippen molar-refractivity contribution in [3.05, 3.63) is 35.9 Å². The summed E-state index contributed by atoms with van der Waals surface area (Å²) in [6.45, 7) is 0.404. The minimum absolute atomic E-state index is 0.0281. The number of hydrogen-bond acceptors (Lipinski definition) is 5. The third-order valence-corrected chi connectivity index (χ3v) is 8.40. The third kappa shape index (κ3) is 4.29. The maximum atomic E-state index is 13.1. The second-order valence-corrected chi connectivity index (χ2v) is 10.9. The van der Waals surface area contributed by atoms with Crippen LogP contribution in [0.5, 0.6) is 0 Å². The van der Waals surface area contributed by atoms with Crippen LogP contribution in [0.3, 0.4) is 0 Å². The lowest BCUT2D eigenvalue weighted by molar-refractivity contribution is -0.141. The number of likely N-dealkylation sites (tertiary alicyclic amines) is 1. The Morgan fingerprint density at radius 3 is 2.20 bits per heavy atom. The maximum absolute atomic E-state index is 13.1. The van der Waals surface area contributed by atoms with Gasteiger partial charge in [0.05, 0.1) is 23.3 Å². The first-order chi connectivity index (χ1) is 14.4. The van der Waals surface area contributed by atoms with E-state index in [0.717, 1.165) is 31.2 Å². The van der Waals surface area contributed by atoms with Gasteiger partial charge in [0.25, 0.3) is 0 Å². The minimum Gasteiger partial charge on any atom is -0.334 e. The quantitative estimate of drug-likeness (QED) is 0.639. The Labute approximate surface area is 177 Å². The average Bonchev–Trinajstić information content (AvgIpc) is 3.22. The highest BCUT2D eigenvalue weighted by atomic mass is 32.2. The number of carbonyl (C=O) groups excluding carboxylic acids is 3. The van der Waals surface area contributed by atoms with Crippen LogP contribution in [0.15, 0.2) is 30.3 Å². The Bertz CT molecular complexity index is 906. The van der Waals surface area contributed by atoms with Crippen molar-refractivity contribution in [2.45, 2.75) is 51.1 Å². The Kier molecular flexibility index (Phi) is 5.95. The third-order valence-electron chi connectivity index (χ3n) is 6.65. The number of amides is 3. The molecule has 1 aromatic rings. The number of carbonyl (C=O) groups is 3. The summed E-state index contributed by atoms with van der Waals surface area (Å²) in [7, 11) is -3.14. The van der Waals surface area contributed by atoms with Crippen molar-refractivity contribution in [3.8, 4) is 0 Å². The molecule has 1 aromatic carbocycles. The number of benzene rings is 1. The van der Waals surface area contributed by atoms with E-state index in [9.17, 15) is 22.8 Å². The molecule has 4 rings (SSSR count). The van der Waals surface area contributed by atoms with Crippen molar-refractivity contribution in [2.75, 3.05) is 18.1 Å². The lowest BCUT2D eigenvalue weighted by Gasteiger charge is -2.29. The number of hydrogen-bond donors (Lipinski definition) is 0. The highest BCUT2D eigenvalue weighted by Gasteiger charge is 2.48. The Morgan fingerprint density at radius 2 is 1.63 bits per heavy atom. The lowest BCUT2D eigenvalue weighted by Crippen LogP contribution is -2.42. The van der Waals surface area contributed by atoms with E-state index in [4.69, 9.17) is 0 Å². The van der Waals surface area contributed by atoms with Crippen molar-refractivity contribution in [1.29, 1.82) is 0 Å². The summed E-state index contributed by atoms with van der Waals surface area (Å²) >= 11 is 0. The fourth-order valence-corrected chi connectivity index (χ4v) is 6.76. The molecule has 0 spiro atoms. The topological polar surface area (TPSA) is 91.8 Å². The van der Waals surface area contributed by atoms with E-state index >= 15 is 0 Å². The number of imide groups is 1. The molecular weight excluding hydrogens is 404 g/mol. The second-order valence-electron chi connectivity index (χ2n) is 8.64. The molecule has 162 valence electrons. The zero-order chi connectivity index (χ0) is 21.3. The summed E-state index contributed by atoms with van der Waals surface area (Å²) in [5.41, 5.74) is 0.925. The largest absolute Gasteiger partial charge is 0.334 e. The van der Waals surface area contributed by atoms with Gasteiger partial charge in [0.1, 0.15) is 0 Å². The summed E-state index contributed by atoms with van der Waals surface area (Å²) in [6, 6.07) is 9.10. The lowest BCUT2D eigenvalue weighted by atomic mass is 9.81. The number of nitrogens with zero attached hydrogens (tertiary/aromatic N) is 2. The molecular formula is C22H28N2O5S. The van der Waals surface area contributed by atoms with Crippen molar-refractivity contribution >= 4 is 27.6 Å². The van der Waals surface area contributed by atoms with Crippen LogP contribution < -0.4 is 0 Å². The molecule has 30 heavy (non-hydrogen) atoms. The molecule has 0 unspecified atom stereocenters. The predicted octanol–water partition coefficient (Wildman–Crippen LogP) is 1.77. The first-order valence-corrected chi connectivity index (χ1v) is 12.6. The standard InChI is InChI=1S/C22H28N2O5S/c25-20(10-12-23-21(26)18-8-4-5-9-19(18)22(23)27)24(14-16-6-2-1-3-7-16)17-11-13-30(28,29)15-17/h1-3,6-7,17-19H,4-5,8-15H2/t17-,18-,19+/m0/s1. The monoisotopic (exact) mass is 432 g/mol. The van der Waals surface area contributed by atoms with Gasteiger partial charge in [-0.1, -0.05) is 43.2 Å². The maximum Gasteiger partial charge on any atom is 0.233 e. The molecule has 0 bridgehead atoms. The summed E-state index contributed by atoms with van der Waals surface area (Å²) in [5.74, 6) is -0.883. The van der Waals surface area contributed by atoms with Crippen LogP contribution in [0.25, 0.3) is 0 Å². The molecule has 8 heteroatoms. The van der Waals surface area contributed by atoms with Gasteiger partial charge < -0.3 is 4.90 Å². The van der Waals surface area contributed by atoms with Crippen LogP contribution in [-0.4, -0.2) is 60.0 Å². The fraction of sp³-hybridized carbons (Fsp3) is 0.591. The van der Waals surface area contributed by atoms with Crippen molar-refractivity contribution < 1.29 is 22.8 Å². The molecule has 1 saturated carbocycles. The van der Waals surface area contributed by atoms with Crippen LogP contribution in [-0.2, 0) is 30.8 Å². The molecule has 0 aromatic heterocycles. The fourth-order valence-electron chi connectivity index (χ4n) is 5.02. The van der Waals surface area contributed by atoms with Gasteiger partial charge >= 0.3 is 0 Å². The van der Waals surface area contributed by atoms with Crippen LogP contribution in [0.2, 0.25) is 0 Å². The van der Waals surface area contributed by atoms with E-state index in [1.54, 1.807) is 4.90 Å². The van der Waals surface area contributed by atoms with Gasteiger partial charge in [0.2, 0.25) is 17.7 Å². The van der Waals surface area contributed by atoms with Gasteiger partial charge in [0, 0.05) is 25.6 Å². The summed E-state index contributed by atoms with van der Waals surface area (Å²) in [6.07, 6.45) is 3.88. The van der Waals surface area contributed by atoms with Gasteiger partial charge in [-0.15, -0.1) is 0 Å². The van der Waals surface area contributed by atoms with Crippen molar-refractivity contribution in [3.63, 3.8) is 0 Å². The minimum atomic E-state index is -3.14. The highest BCUT2D eigenvalue weighted by molar-refractivity contribution is 7.91. The highest BCUT2D eigenvalue weighted by Crippen LogP contribution is 2.38. The molecule has 3 fully saturated rings. The van der Waals surface area contributed by atoms with Gasteiger partial charge in [-0.25, -0.2) is 8.42 Å². The molecule has 0 N–H and O–H groups in total. The normalized spacial score (nSPS) is 27.9. The molecule has 3 amide bonds. The molecule has 7 nitrogen and oxygen atoms in total. The smallest absolute Gasteiger partial charge is 0.233 e. The van der Waals surface area contributed by atoms with E-state index in [1.165, 1.54) is 4.90 Å². The van der Waals surface area contributed by atoms with Crippen molar-refractivity contribution in [2.24, 2.45) is 11.8 Å². The zero-order valence-corrected chi connectivity index (χ0v) is 17.9. The molecule has 3 aliphatic rings. The summed E-state index contributed by atoms with van der Waals surface area (Å²) < 4.78 is 24.0. The molecule has 1 aliphatic carbocycles. The van der Waals surface area contributed by atoms with E-state index in [1.807, 2.05) is 30.3 Å². The second kappa shape index (κ2) is 8.49. The van der Waals surface area contributed by atoms with Crippen LogP contribution in [0.1, 0.15) is 44.1 Å². The van der Waals surface area contributed by atoms with Crippen LogP contribution in [0.4, 0.5) is 0 Å². The Hall–Kier alpha value is -2.22. The predicted molar refractivity (Wildman–Crippen MR) is 111 cm³/mol. The molecule has 2 aliphatic heterocycles. The SMILES string of the molecule is O=C1[C@H]2CCCC[C@H]2C(=O)N1CCC(=O)N(Cc1ccccc1)[C@H]1CCS(=O)(=O)C1. The van der Waals surface area contributed by atoms with Crippen LogP contribution in [0, 0.1) is 11.8 Å². The number of fused-ring (bicyclic) bond motifs is 1. The van der Waals surface area contributed by atoms with Gasteiger partial charge in [-0.2, -0.15) is 0 Å². The first kappa shape index (κ1) is 21.0. The number of rotatable bonds is 6. The van der Waals surface area contributed by atoms with Crippen LogP contribution >= 0.6 is 0 Å². The average molecular weight is 433 g/mol. The summed E-state index contributed by atoms with van der Waals surface area (Å²) in [5, 5.41) is 0. The first-order valence-electron chi connectivity index (χ1n) is 10.7. The number of sulfone groups is 1. The molecule has 0 radical (unpaired) electrons. The molecule has 3 atom stereocenters. The molecule has 2 saturated heterocycles. The Balaban J connectivity index is 1.45. The van der Waals surface area contributed by atoms with Gasteiger partial charge in [-0.05, 0) is 24.8 Å². The van der Waals surface area contributed by atoms with Gasteiger partial charge in [0.15, 0.2) is 9.84 Å². The molecule has 2 heterocycles. The van der Waals surface area contributed by atoms with E-state index in [2.05, 4.69) is 0 Å². The van der Waals surface area contributed by atoms with E-state index < -0.39 is 9.84 Å². The summed E-state index contributed by atoms with van der Waals surface area (Å²) in [4.78, 5) is 41.3. The van der Waals surface area contributed by atoms with Crippen molar-refractivity contribution in [1.82, 2.24) is 9.80 Å².